The Labute approximate surface area is 177 Å². The second-order valence-corrected chi connectivity index (χ2v) is 7.56. The average molecular weight is 420 g/mol. The summed E-state index contributed by atoms with van der Waals surface area (Å²) in [6.07, 6.45) is 3.61. The third-order valence-corrected chi connectivity index (χ3v) is 5.32. The molecule has 2 aromatic heterocycles. The van der Waals surface area contributed by atoms with Crippen molar-refractivity contribution in [2.75, 3.05) is 11.2 Å². The SMILES string of the molecule is C[C@@H](NC(=O)CSc1n[nH]c(N/N=C/c2c[nH]c3ccccc23)n1)c1ccccc1. The number of nitrogens with zero attached hydrogens (tertiary/aromatic N) is 3. The van der Waals surface area contributed by atoms with Crippen LogP contribution in [0.2, 0.25) is 0 Å². The predicted octanol–water partition coefficient (Wildman–Crippen LogP) is 3.70. The normalized spacial score (nSPS) is 12.3. The molecule has 0 saturated carbocycles. The van der Waals surface area contributed by atoms with Crippen LogP contribution in [0.25, 0.3) is 10.9 Å². The zero-order chi connectivity index (χ0) is 20.8. The van der Waals surface area contributed by atoms with Crippen molar-refractivity contribution in [1.82, 2.24) is 25.5 Å². The maximum Gasteiger partial charge on any atom is 0.240 e. The van der Waals surface area contributed by atoms with E-state index in [1.165, 1.54) is 11.8 Å². The van der Waals surface area contributed by atoms with E-state index >= 15 is 0 Å². The molecule has 0 unspecified atom stereocenters. The van der Waals surface area contributed by atoms with Gasteiger partial charge in [-0.2, -0.15) is 10.1 Å². The van der Waals surface area contributed by atoms with E-state index in [1.807, 2.05) is 67.7 Å². The fourth-order valence-corrected chi connectivity index (χ4v) is 3.57. The summed E-state index contributed by atoms with van der Waals surface area (Å²) in [5.74, 6) is 0.562. The Kier molecular flexibility index (Phi) is 6.09. The highest BCUT2D eigenvalue weighted by Crippen LogP contribution is 2.17. The summed E-state index contributed by atoms with van der Waals surface area (Å²) < 4.78 is 0. The quantitative estimate of drug-likeness (QED) is 0.198. The van der Waals surface area contributed by atoms with Gasteiger partial charge in [-0.25, -0.2) is 10.5 Å². The largest absolute Gasteiger partial charge is 0.361 e. The second kappa shape index (κ2) is 9.27. The number of nitrogens with one attached hydrogen (secondary N) is 4. The molecule has 0 fully saturated rings. The smallest absolute Gasteiger partial charge is 0.240 e. The average Bonchev–Trinajstić information content (AvgIpc) is 3.40. The number of H-pyrrole nitrogens is 2. The molecule has 152 valence electrons. The minimum absolute atomic E-state index is 0.0532. The Bertz CT molecular complexity index is 1150. The number of hydrazone groups is 1. The van der Waals surface area contributed by atoms with E-state index < -0.39 is 0 Å². The molecule has 4 rings (SSSR count). The lowest BCUT2D eigenvalue weighted by atomic mass is 10.1. The first-order chi connectivity index (χ1) is 14.7. The van der Waals surface area contributed by atoms with Gasteiger partial charge in [-0.15, -0.1) is 5.10 Å². The standard InChI is InChI=1S/C21H21N7OS/c1-14(15-7-3-2-4-8-15)24-19(29)13-30-21-25-20(27-28-21)26-23-12-16-11-22-18-10-6-5-9-17(16)18/h2-12,14,22H,13H2,1H3,(H,24,29)(H2,25,26,27,28)/b23-12+/t14-/m1/s1. The van der Waals surface area contributed by atoms with Crippen LogP contribution >= 0.6 is 11.8 Å². The van der Waals surface area contributed by atoms with Crippen LogP contribution in [-0.2, 0) is 4.79 Å². The van der Waals surface area contributed by atoms with E-state index in [9.17, 15) is 4.79 Å². The molecular formula is C21H21N7OS. The molecular weight excluding hydrogens is 398 g/mol. The summed E-state index contributed by atoms with van der Waals surface area (Å²) in [6, 6.07) is 17.8. The lowest BCUT2D eigenvalue weighted by molar-refractivity contribution is -0.119. The topological polar surface area (TPSA) is 111 Å². The third-order valence-electron chi connectivity index (χ3n) is 4.47. The molecule has 1 atom stereocenters. The number of amides is 1. The van der Waals surface area contributed by atoms with Gasteiger partial charge >= 0.3 is 0 Å². The zero-order valence-corrected chi connectivity index (χ0v) is 17.1. The van der Waals surface area contributed by atoms with E-state index in [2.05, 4.69) is 36.0 Å². The van der Waals surface area contributed by atoms with Crippen molar-refractivity contribution in [2.45, 2.75) is 18.1 Å². The van der Waals surface area contributed by atoms with Crippen LogP contribution in [0.1, 0.15) is 24.1 Å². The Balaban J connectivity index is 1.26. The molecule has 30 heavy (non-hydrogen) atoms. The Morgan fingerprint density at radius 1 is 1.20 bits per heavy atom. The first-order valence-electron chi connectivity index (χ1n) is 9.44. The Morgan fingerprint density at radius 3 is 2.87 bits per heavy atom. The van der Waals surface area contributed by atoms with Gasteiger partial charge in [0, 0.05) is 22.7 Å². The predicted molar refractivity (Wildman–Crippen MR) is 120 cm³/mol. The number of thioether (sulfide) groups is 1. The molecule has 4 aromatic rings. The number of aromatic nitrogens is 4. The van der Waals surface area contributed by atoms with Crippen LogP contribution in [0, 0.1) is 0 Å². The van der Waals surface area contributed by atoms with Crippen molar-refractivity contribution in [1.29, 1.82) is 0 Å². The van der Waals surface area contributed by atoms with Crippen molar-refractivity contribution < 1.29 is 4.79 Å². The number of aromatic amines is 2. The van der Waals surface area contributed by atoms with Crippen LogP contribution in [-0.4, -0.2) is 38.0 Å². The van der Waals surface area contributed by atoms with E-state index in [0.29, 0.717) is 11.1 Å². The van der Waals surface area contributed by atoms with Crippen molar-refractivity contribution in [2.24, 2.45) is 5.10 Å². The molecule has 9 heteroatoms. The van der Waals surface area contributed by atoms with E-state index in [-0.39, 0.29) is 17.7 Å². The number of fused-ring (bicyclic) bond motifs is 1. The van der Waals surface area contributed by atoms with Gasteiger partial charge in [-0.1, -0.05) is 60.3 Å². The summed E-state index contributed by atoms with van der Waals surface area (Å²) >= 11 is 1.26. The lowest BCUT2D eigenvalue weighted by Crippen LogP contribution is -2.28. The summed E-state index contributed by atoms with van der Waals surface area (Å²) in [7, 11) is 0. The van der Waals surface area contributed by atoms with Crippen LogP contribution in [0.5, 0.6) is 0 Å². The highest BCUT2D eigenvalue weighted by Gasteiger charge is 2.11. The summed E-state index contributed by atoms with van der Waals surface area (Å²) in [5, 5.41) is 15.6. The number of para-hydroxylation sites is 1. The molecule has 0 spiro atoms. The fraction of sp³-hybridized carbons (Fsp3) is 0.143. The van der Waals surface area contributed by atoms with E-state index in [1.54, 1.807) is 6.21 Å². The summed E-state index contributed by atoms with van der Waals surface area (Å²) in [6.45, 7) is 1.96. The van der Waals surface area contributed by atoms with Gasteiger partial charge in [0.2, 0.25) is 17.0 Å². The van der Waals surface area contributed by atoms with Crippen molar-refractivity contribution in [3.63, 3.8) is 0 Å². The Hall–Kier alpha value is -3.59. The first kappa shape index (κ1) is 19.7. The van der Waals surface area contributed by atoms with Crippen molar-refractivity contribution >= 4 is 40.7 Å². The first-order valence-corrected chi connectivity index (χ1v) is 10.4. The molecule has 4 N–H and O–H groups in total. The van der Waals surface area contributed by atoms with Crippen molar-refractivity contribution in [3.8, 4) is 0 Å². The third kappa shape index (κ3) is 4.87. The maximum absolute atomic E-state index is 12.2. The summed E-state index contributed by atoms with van der Waals surface area (Å²) in [5.41, 5.74) is 5.91. The molecule has 0 aliphatic carbocycles. The molecule has 2 heterocycles. The Morgan fingerprint density at radius 2 is 2.00 bits per heavy atom. The van der Waals surface area contributed by atoms with Gasteiger partial charge in [0.05, 0.1) is 18.0 Å². The minimum Gasteiger partial charge on any atom is -0.361 e. The highest BCUT2D eigenvalue weighted by molar-refractivity contribution is 7.99. The monoisotopic (exact) mass is 419 g/mol. The van der Waals surface area contributed by atoms with Gasteiger partial charge in [-0.05, 0) is 18.6 Å². The molecule has 0 aliphatic rings. The number of carbonyl (C=O) groups is 1. The van der Waals surface area contributed by atoms with Gasteiger partial charge in [0.1, 0.15) is 0 Å². The summed E-state index contributed by atoms with van der Waals surface area (Å²) in [4.78, 5) is 19.7. The molecule has 2 aromatic carbocycles. The van der Waals surface area contributed by atoms with Gasteiger partial charge in [0.25, 0.3) is 0 Å². The van der Waals surface area contributed by atoms with Crippen LogP contribution in [0.15, 0.2) is 71.1 Å². The number of anilines is 1. The number of benzene rings is 2. The van der Waals surface area contributed by atoms with Crippen LogP contribution < -0.4 is 10.7 Å². The number of hydrogen-bond donors (Lipinski definition) is 4. The van der Waals surface area contributed by atoms with Crippen molar-refractivity contribution in [3.05, 3.63) is 71.9 Å². The van der Waals surface area contributed by atoms with Gasteiger partial charge in [-0.3, -0.25) is 4.79 Å². The molecule has 8 nitrogen and oxygen atoms in total. The molecule has 0 bridgehead atoms. The maximum atomic E-state index is 12.2. The lowest BCUT2D eigenvalue weighted by Gasteiger charge is -2.13. The van der Waals surface area contributed by atoms with E-state index in [4.69, 9.17) is 0 Å². The molecule has 0 radical (unpaired) electrons. The fourth-order valence-electron chi connectivity index (χ4n) is 2.96. The molecule has 1 amide bonds. The minimum atomic E-state index is -0.0759. The van der Waals surface area contributed by atoms with Gasteiger partial charge < -0.3 is 10.3 Å². The molecule has 0 aliphatic heterocycles. The molecule has 0 saturated heterocycles. The van der Waals surface area contributed by atoms with E-state index in [0.717, 1.165) is 22.0 Å². The number of hydrogen-bond acceptors (Lipinski definition) is 6. The zero-order valence-electron chi connectivity index (χ0n) is 16.3. The number of carbonyl (C=O) groups excluding carboxylic acids is 1. The number of rotatable bonds is 8. The van der Waals surface area contributed by atoms with Crippen LogP contribution in [0.4, 0.5) is 5.95 Å². The van der Waals surface area contributed by atoms with Crippen LogP contribution in [0.3, 0.4) is 0 Å². The second-order valence-electron chi connectivity index (χ2n) is 6.61. The highest BCUT2D eigenvalue weighted by atomic mass is 32.2. The van der Waals surface area contributed by atoms with Gasteiger partial charge in [0.15, 0.2) is 0 Å².